The summed E-state index contributed by atoms with van der Waals surface area (Å²) in [5.74, 6) is 0.500. The van der Waals surface area contributed by atoms with Crippen LogP contribution in [0.4, 0.5) is 0 Å². The van der Waals surface area contributed by atoms with E-state index in [1.807, 2.05) is 22.9 Å². The minimum atomic E-state index is 0.500. The Balaban J connectivity index is 1.78. The van der Waals surface area contributed by atoms with Crippen molar-refractivity contribution in [1.82, 2.24) is 10.3 Å². The highest BCUT2D eigenvalue weighted by molar-refractivity contribution is 7.10. The van der Waals surface area contributed by atoms with Gasteiger partial charge in [0.05, 0.1) is 5.01 Å². The summed E-state index contributed by atoms with van der Waals surface area (Å²) in [7, 11) is 0. The molecule has 0 spiro atoms. The van der Waals surface area contributed by atoms with E-state index in [9.17, 15) is 0 Å². The Morgan fingerprint density at radius 1 is 1.38 bits per heavy atom. The maximum absolute atomic E-state index is 4.33. The third-order valence-corrected chi connectivity index (χ3v) is 4.61. The summed E-state index contributed by atoms with van der Waals surface area (Å²) in [5, 5.41) is 8.90. The third-order valence-electron chi connectivity index (χ3n) is 2.58. The Morgan fingerprint density at radius 2 is 2.25 bits per heavy atom. The highest BCUT2D eigenvalue weighted by atomic mass is 32.1. The summed E-state index contributed by atoms with van der Waals surface area (Å²) in [6, 6.07) is 2.17. The minimum Gasteiger partial charge on any atom is -0.311 e. The van der Waals surface area contributed by atoms with Crippen LogP contribution in [0.25, 0.3) is 0 Å². The fourth-order valence-electron chi connectivity index (χ4n) is 1.55. The van der Waals surface area contributed by atoms with Crippen LogP contribution in [0.1, 0.15) is 28.3 Å². The predicted molar refractivity (Wildman–Crippen MR) is 71.3 cm³/mol. The molecule has 1 atom stereocenters. The fourth-order valence-corrected chi connectivity index (χ4v) is 3.13. The molecule has 0 aliphatic rings. The zero-order chi connectivity index (χ0) is 11.4. The Hall–Kier alpha value is -0.710. The lowest BCUT2D eigenvalue weighted by atomic mass is 10.2. The highest BCUT2D eigenvalue weighted by Gasteiger charge is 2.07. The molecule has 0 aliphatic heterocycles. The zero-order valence-corrected chi connectivity index (χ0v) is 11.2. The van der Waals surface area contributed by atoms with Gasteiger partial charge in [0.25, 0.3) is 0 Å². The summed E-state index contributed by atoms with van der Waals surface area (Å²) in [6.45, 7) is 6.34. The van der Waals surface area contributed by atoms with Crippen molar-refractivity contribution in [3.05, 3.63) is 38.5 Å². The van der Waals surface area contributed by atoms with Gasteiger partial charge in [0.2, 0.25) is 0 Å². The summed E-state index contributed by atoms with van der Waals surface area (Å²) < 4.78 is 0. The molecule has 0 fully saturated rings. The molecule has 2 nitrogen and oxygen atoms in total. The molecule has 4 heteroatoms. The number of hydrogen-bond donors (Lipinski definition) is 1. The molecule has 0 saturated carbocycles. The Labute approximate surface area is 104 Å². The normalized spacial score (nSPS) is 12.9. The Bertz CT molecular complexity index is 420. The van der Waals surface area contributed by atoms with Crippen LogP contribution in [0.2, 0.25) is 0 Å². The molecule has 16 heavy (non-hydrogen) atoms. The van der Waals surface area contributed by atoms with Gasteiger partial charge in [-0.3, -0.25) is 0 Å². The van der Waals surface area contributed by atoms with E-state index in [2.05, 4.69) is 35.6 Å². The number of aryl methyl sites for hydroxylation is 1. The molecule has 0 bridgehead atoms. The van der Waals surface area contributed by atoms with Gasteiger partial charge in [-0.1, -0.05) is 6.92 Å². The molecular weight excluding hydrogens is 236 g/mol. The number of aromatic nitrogens is 1. The molecule has 2 aromatic rings. The van der Waals surface area contributed by atoms with Crippen molar-refractivity contribution >= 4 is 22.7 Å². The van der Waals surface area contributed by atoms with Crippen molar-refractivity contribution < 1.29 is 0 Å². The van der Waals surface area contributed by atoms with Gasteiger partial charge in [-0.25, -0.2) is 4.98 Å². The van der Waals surface area contributed by atoms with Gasteiger partial charge in [-0.15, -0.1) is 22.7 Å². The van der Waals surface area contributed by atoms with Crippen molar-refractivity contribution in [3.8, 4) is 0 Å². The topological polar surface area (TPSA) is 24.9 Å². The molecule has 2 aromatic heterocycles. The smallest absolute Gasteiger partial charge is 0.0965 e. The van der Waals surface area contributed by atoms with E-state index in [4.69, 9.17) is 0 Å². The third kappa shape index (κ3) is 2.90. The predicted octanol–water partition coefficient (Wildman–Crippen LogP) is 3.41. The van der Waals surface area contributed by atoms with Crippen LogP contribution in [0, 0.1) is 6.92 Å². The van der Waals surface area contributed by atoms with Crippen molar-refractivity contribution in [2.75, 3.05) is 6.54 Å². The monoisotopic (exact) mass is 252 g/mol. The summed E-state index contributed by atoms with van der Waals surface area (Å²) in [4.78, 5) is 5.77. The van der Waals surface area contributed by atoms with E-state index in [1.54, 1.807) is 11.3 Å². The fraction of sp³-hybridized carbons (Fsp3) is 0.417. The quantitative estimate of drug-likeness (QED) is 0.882. The van der Waals surface area contributed by atoms with Gasteiger partial charge in [-0.2, -0.15) is 0 Å². The maximum Gasteiger partial charge on any atom is 0.0965 e. The average molecular weight is 252 g/mol. The Kier molecular flexibility index (Phi) is 4.09. The second-order valence-electron chi connectivity index (χ2n) is 3.93. The van der Waals surface area contributed by atoms with Crippen LogP contribution < -0.4 is 5.32 Å². The van der Waals surface area contributed by atoms with Crippen molar-refractivity contribution in [2.24, 2.45) is 0 Å². The standard InChI is InChI=1S/C12H16N2S2/c1-9-3-5-15-11(9)8-13-7-10(2)12-14-4-6-16-12/h3-6,10,13H,7-8H2,1-2H3. The molecular formula is C12H16N2S2. The van der Waals surface area contributed by atoms with E-state index in [1.165, 1.54) is 15.4 Å². The second kappa shape index (κ2) is 5.57. The molecule has 86 valence electrons. The van der Waals surface area contributed by atoms with Crippen molar-refractivity contribution in [1.29, 1.82) is 0 Å². The van der Waals surface area contributed by atoms with E-state index in [0.29, 0.717) is 5.92 Å². The molecule has 2 heterocycles. The largest absolute Gasteiger partial charge is 0.311 e. The van der Waals surface area contributed by atoms with E-state index in [0.717, 1.165) is 13.1 Å². The number of nitrogens with one attached hydrogen (secondary N) is 1. The van der Waals surface area contributed by atoms with Gasteiger partial charge in [0.1, 0.15) is 0 Å². The molecule has 0 aromatic carbocycles. The van der Waals surface area contributed by atoms with Gasteiger partial charge in [-0.05, 0) is 23.9 Å². The molecule has 1 N–H and O–H groups in total. The summed E-state index contributed by atoms with van der Waals surface area (Å²) in [5.41, 5.74) is 1.39. The summed E-state index contributed by atoms with van der Waals surface area (Å²) >= 11 is 3.56. The molecule has 0 amide bonds. The van der Waals surface area contributed by atoms with Gasteiger partial charge < -0.3 is 5.32 Å². The number of thiophene rings is 1. The molecule has 0 saturated heterocycles. The number of nitrogens with zero attached hydrogens (tertiary/aromatic N) is 1. The zero-order valence-electron chi connectivity index (χ0n) is 9.56. The van der Waals surface area contributed by atoms with Crippen LogP contribution in [0.5, 0.6) is 0 Å². The maximum atomic E-state index is 4.33. The van der Waals surface area contributed by atoms with Crippen LogP contribution in [-0.4, -0.2) is 11.5 Å². The number of hydrogen-bond acceptors (Lipinski definition) is 4. The van der Waals surface area contributed by atoms with Gasteiger partial charge in [0.15, 0.2) is 0 Å². The van der Waals surface area contributed by atoms with E-state index < -0.39 is 0 Å². The van der Waals surface area contributed by atoms with Crippen LogP contribution in [0.15, 0.2) is 23.0 Å². The first-order valence-electron chi connectivity index (χ1n) is 5.40. The number of thiazole rings is 1. The van der Waals surface area contributed by atoms with Crippen LogP contribution in [-0.2, 0) is 6.54 Å². The molecule has 1 unspecified atom stereocenters. The SMILES string of the molecule is Cc1ccsc1CNCC(C)c1nccs1. The van der Waals surface area contributed by atoms with Gasteiger partial charge in [0, 0.05) is 35.5 Å². The summed E-state index contributed by atoms with van der Waals surface area (Å²) in [6.07, 6.45) is 1.87. The van der Waals surface area contributed by atoms with Gasteiger partial charge >= 0.3 is 0 Å². The van der Waals surface area contributed by atoms with Crippen LogP contribution in [0.3, 0.4) is 0 Å². The number of rotatable bonds is 5. The average Bonchev–Trinajstić information content (AvgIpc) is 2.90. The lowest BCUT2D eigenvalue weighted by molar-refractivity contribution is 0.615. The lowest BCUT2D eigenvalue weighted by Gasteiger charge is -2.09. The second-order valence-corrected chi connectivity index (χ2v) is 5.86. The van der Waals surface area contributed by atoms with Crippen molar-refractivity contribution in [3.63, 3.8) is 0 Å². The molecule has 2 rings (SSSR count). The first-order valence-corrected chi connectivity index (χ1v) is 7.16. The molecule has 0 aliphatic carbocycles. The first-order chi connectivity index (χ1) is 7.77. The first kappa shape index (κ1) is 11.8. The van der Waals surface area contributed by atoms with Crippen LogP contribution >= 0.6 is 22.7 Å². The molecule has 0 radical (unpaired) electrons. The lowest BCUT2D eigenvalue weighted by Crippen LogP contribution is -2.19. The Morgan fingerprint density at radius 3 is 2.88 bits per heavy atom. The van der Waals surface area contributed by atoms with Crippen molar-refractivity contribution in [2.45, 2.75) is 26.3 Å². The van der Waals surface area contributed by atoms with E-state index >= 15 is 0 Å². The highest BCUT2D eigenvalue weighted by Crippen LogP contribution is 2.18. The van der Waals surface area contributed by atoms with E-state index in [-0.39, 0.29) is 0 Å². The minimum absolute atomic E-state index is 0.500.